The molecule has 1 amide bonds. The topological polar surface area (TPSA) is 110 Å². The quantitative estimate of drug-likeness (QED) is 0.427. The number of amides is 1. The molecule has 1 aliphatic rings. The van der Waals surface area contributed by atoms with Crippen molar-refractivity contribution in [3.05, 3.63) is 98.6 Å². The van der Waals surface area contributed by atoms with Crippen molar-refractivity contribution in [1.29, 1.82) is 0 Å². The lowest BCUT2D eigenvalue weighted by molar-refractivity contribution is -0.383. The first-order chi connectivity index (χ1) is 15.7. The number of carbonyl (C=O) groups excluding carboxylic acids is 1. The van der Waals surface area contributed by atoms with Crippen molar-refractivity contribution in [3.63, 3.8) is 0 Å². The van der Waals surface area contributed by atoms with Crippen LogP contribution in [0.25, 0.3) is 0 Å². The van der Waals surface area contributed by atoms with Gasteiger partial charge in [0.15, 0.2) is 0 Å². The van der Waals surface area contributed by atoms with Crippen molar-refractivity contribution in [2.45, 2.75) is 30.8 Å². The van der Waals surface area contributed by atoms with Crippen LogP contribution in [0.1, 0.15) is 16.7 Å². The Morgan fingerprint density at radius 2 is 1.76 bits per heavy atom. The van der Waals surface area contributed by atoms with E-state index in [9.17, 15) is 23.3 Å². The van der Waals surface area contributed by atoms with E-state index < -0.39 is 26.9 Å². The fourth-order valence-electron chi connectivity index (χ4n) is 3.80. The SMILES string of the molecule is Cc1ccc(S(=O)(=O)N2Cc3ccccc3CC2C(=O)Nc2cc(Cl)ccc2[N+](=O)[O-])cc1. The van der Waals surface area contributed by atoms with Crippen molar-refractivity contribution in [2.75, 3.05) is 5.32 Å². The molecule has 1 unspecified atom stereocenters. The van der Waals surface area contributed by atoms with E-state index in [1.807, 2.05) is 31.2 Å². The zero-order valence-electron chi connectivity index (χ0n) is 17.6. The lowest BCUT2D eigenvalue weighted by atomic mass is 9.95. The number of hydrogen-bond donors (Lipinski definition) is 1. The average Bonchev–Trinajstić information content (AvgIpc) is 2.78. The molecule has 170 valence electrons. The van der Waals surface area contributed by atoms with Gasteiger partial charge in [0.25, 0.3) is 5.69 Å². The van der Waals surface area contributed by atoms with Gasteiger partial charge in [-0.3, -0.25) is 14.9 Å². The number of nitrogens with one attached hydrogen (secondary N) is 1. The maximum Gasteiger partial charge on any atom is 0.292 e. The average molecular weight is 486 g/mol. The van der Waals surface area contributed by atoms with Crippen molar-refractivity contribution in [3.8, 4) is 0 Å². The number of benzene rings is 3. The highest BCUT2D eigenvalue weighted by Crippen LogP contribution is 2.32. The molecule has 1 N–H and O–H groups in total. The van der Waals surface area contributed by atoms with Gasteiger partial charge < -0.3 is 5.32 Å². The van der Waals surface area contributed by atoms with E-state index in [2.05, 4.69) is 5.32 Å². The standard InChI is InChI=1S/C23H20ClN3O5S/c1-15-6-9-19(10-7-15)33(31,32)26-14-17-5-3-2-4-16(17)12-22(26)23(28)25-20-13-18(24)8-11-21(20)27(29)30/h2-11,13,22H,12,14H2,1H3,(H,25,28). The van der Waals surface area contributed by atoms with Gasteiger partial charge in [0.2, 0.25) is 15.9 Å². The third-order valence-corrected chi connectivity index (χ3v) is 7.65. The lowest BCUT2D eigenvalue weighted by Gasteiger charge is -2.35. The van der Waals surface area contributed by atoms with Gasteiger partial charge in [0, 0.05) is 17.6 Å². The van der Waals surface area contributed by atoms with Crippen LogP contribution in [0, 0.1) is 17.0 Å². The van der Waals surface area contributed by atoms with E-state index in [-0.39, 0.29) is 34.3 Å². The fourth-order valence-corrected chi connectivity index (χ4v) is 5.54. The van der Waals surface area contributed by atoms with Gasteiger partial charge in [-0.15, -0.1) is 0 Å². The minimum Gasteiger partial charge on any atom is -0.319 e. The molecule has 3 aromatic rings. The van der Waals surface area contributed by atoms with Crippen LogP contribution in [0.5, 0.6) is 0 Å². The highest BCUT2D eigenvalue weighted by atomic mass is 35.5. The summed E-state index contributed by atoms with van der Waals surface area (Å²) in [6.07, 6.45) is 0.126. The predicted molar refractivity (Wildman–Crippen MR) is 125 cm³/mol. The minimum absolute atomic E-state index is 0.00209. The Kier molecular flexibility index (Phi) is 6.20. The molecule has 0 aliphatic carbocycles. The number of anilines is 1. The number of rotatable bonds is 5. The number of sulfonamides is 1. The molecule has 3 aromatic carbocycles. The first-order valence-electron chi connectivity index (χ1n) is 10.1. The Balaban J connectivity index is 1.74. The fraction of sp³-hybridized carbons (Fsp3) is 0.174. The molecule has 1 aliphatic heterocycles. The van der Waals surface area contributed by atoms with Gasteiger partial charge in [-0.05, 0) is 48.7 Å². The van der Waals surface area contributed by atoms with E-state index in [0.717, 1.165) is 21.0 Å². The number of nitro groups is 1. The summed E-state index contributed by atoms with van der Waals surface area (Å²) in [4.78, 5) is 24.2. The smallest absolute Gasteiger partial charge is 0.292 e. The van der Waals surface area contributed by atoms with E-state index >= 15 is 0 Å². The number of halogens is 1. The molecule has 1 heterocycles. The molecular weight excluding hydrogens is 466 g/mol. The molecule has 0 saturated heterocycles. The molecule has 0 spiro atoms. The van der Waals surface area contributed by atoms with Crippen LogP contribution in [-0.2, 0) is 27.8 Å². The second-order valence-corrected chi connectivity index (χ2v) is 10.1. The summed E-state index contributed by atoms with van der Waals surface area (Å²) in [5, 5.41) is 14.1. The molecule has 4 rings (SSSR count). The first-order valence-corrected chi connectivity index (χ1v) is 11.9. The molecule has 0 aromatic heterocycles. The predicted octanol–water partition coefficient (Wildman–Crippen LogP) is 4.31. The maximum atomic E-state index is 13.5. The Hall–Kier alpha value is -3.27. The van der Waals surface area contributed by atoms with Gasteiger partial charge in [0.1, 0.15) is 11.7 Å². The highest BCUT2D eigenvalue weighted by Gasteiger charge is 2.40. The van der Waals surface area contributed by atoms with E-state index in [1.165, 1.54) is 30.3 Å². The number of aryl methyl sites for hydroxylation is 1. The third kappa shape index (κ3) is 4.61. The lowest BCUT2D eigenvalue weighted by Crippen LogP contribution is -2.50. The van der Waals surface area contributed by atoms with Crippen LogP contribution in [-0.4, -0.2) is 29.6 Å². The van der Waals surface area contributed by atoms with Crippen LogP contribution in [0.15, 0.2) is 71.6 Å². The zero-order chi connectivity index (χ0) is 23.8. The monoisotopic (exact) mass is 485 g/mol. The van der Waals surface area contributed by atoms with Gasteiger partial charge in [-0.2, -0.15) is 4.31 Å². The minimum atomic E-state index is -4.03. The van der Waals surface area contributed by atoms with Crippen molar-refractivity contribution < 1.29 is 18.1 Å². The summed E-state index contributed by atoms with van der Waals surface area (Å²) in [5.41, 5.74) is 2.11. The number of hydrogen-bond acceptors (Lipinski definition) is 5. The van der Waals surface area contributed by atoms with Crippen molar-refractivity contribution in [2.24, 2.45) is 0 Å². The Bertz CT molecular complexity index is 1340. The number of fused-ring (bicyclic) bond motifs is 1. The van der Waals surface area contributed by atoms with Crippen molar-refractivity contribution in [1.82, 2.24) is 4.31 Å². The largest absolute Gasteiger partial charge is 0.319 e. The molecule has 0 radical (unpaired) electrons. The van der Waals surface area contributed by atoms with Crippen LogP contribution >= 0.6 is 11.6 Å². The zero-order valence-corrected chi connectivity index (χ0v) is 19.1. The summed E-state index contributed by atoms with van der Waals surface area (Å²) in [5.74, 6) is -0.675. The second kappa shape index (κ2) is 8.93. The number of carbonyl (C=O) groups is 1. The van der Waals surface area contributed by atoms with Gasteiger partial charge in [-0.1, -0.05) is 53.6 Å². The van der Waals surface area contributed by atoms with Crippen LogP contribution in [0.4, 0.5) is 11.4 Å². The maximum absolute atomic E-state index is 13.5. The summed E-state index contributed by atoms with van der Waals surface area (Å²) in [6.45, 7) is 1.85. The van der Waals surface area contributed by atoms with E-state index in [1.54, 1.807) is 12.1 Å². The molecule has 10 heteroatoms. The van der Waals surface area contributed by atoms with Crippen LogP contribution in [0.3, 0.4) is 0 Å². The van der Waals surface area contributed by atoms with Crippen LogP contribution in [0.2, 0.25) is 5.02 Å². The highest BCUT2D eigenvalue weighted by molar-refractivity contribution is 7.89. The molecule has 8 nitrogen and oxygen atoms in total. The van der Waals surface area contributed by atoms with Gasteiger partial charge >= 0.3 is 0 Å². The molecule has 33 heavy (non-hydrogen) atoms. The molecular formula is C23H20ClN3O5S. The Morgan fingerprint density at radius 1 is 1.09 bits per heavy atom. The summed E-state index contributed by atoms with van der Waals surface area (Å²) < 4.78 is 28.2. The Labute approximate surface area is 196 Å². The third-order valence-electron chi connectivity index (χ3n) is 5.55. The van der Waals surface area contributed by atoms with Crippen LogP contribution < -0.4 is 5.32 Å². The van der Waals surface area contributed by atoms with Crippen molar-refractivity contribution >= 4 is 38.9 Å². The summed E-state index contributed by atoms with van der Waals surface area (Å²) in [6, 6.07) is 16.4. The van der Waals surface area contributed by atoms with E-state index in [4.69, 9.17) is 11.6 Å². The Morgan fingerprint density at radius 3 is 2.42 bits per heavy atom. The number of nitro benzene ring substituents is 1. The number of nitrogens with zero attached hydrogens (tertiary/aromatic N) is 2. The van der Waals surface area contributed by atoms with Gasteiger partial charge in [-0.25, -0.2) is 8.42 Å². The second-order valence-electron chi connectivity index (χ2n) is 7.76. The molecule has 0 saturated carbocycles. The van der Waals surface area contributed by atoms with E-state index in [0.29, 0.717) is 0 Å². The first kappa shape index (κ1) is 22.9. The van der Waals surface area contributed by atoms with Gasteiger partial charge in [0.05, 0.1) is 9.82 Å². The molecule has 1 atom stereocenters. The normalized spacial score (nSPS) is 16.1. The summed E-state index contributed by atoms with van der Waals surface area (Å²) in [7, 11) is -4.03. The summed E-state index contributed by atoms with van der Waals surface area (Å²) >= 11 is 5.97. The molecule has 0 bridgehead atoms. The molecule has 0 fully saturated rings.